The van der Waals surface area contributed by atoms with Gasteiger partial charge in [-0.25, -0.2) is 4.79 Å². The van der Waals surface area contributed by atoms with Gasteiger partial charge in [0.1, 0.15) is 11.3 Å². The summed E-state index contributed by atoms with van der Waals surface area (Å²) in [6.45, 7) is 5.61. The molecule has 0 saturated carbocycles. The summed E-state index contributed by atoms with van der Waals surface area (Å²) < 4.78 is 11.4. The Kier molecular flexibility index (Phi) is 4.28. The molecule has 5 heteroatoms. The molecular weight excluding hydrogens is 324 g/mol. The van der Waals surface area contributed by atoms with Gasteiger partial charge in [-0.15, -0.1) is 0 Å². The third kappa shape index (κ3) is 2.50. The van der Waals surface area contributed by atoms with Gasteiger partial charge in [-0.3, -0.25) is 4.79 Å². The zero-order valence-electron chi connectivity index (χ0n) is 11.6. The van der Waals surface area contributed by atoms with Gasteiger partial charge in [-0.1, -0.05) is 6.92 Å². The van der Waals surface area contributed by atoms with Crippen molar-refractivity contribution in [2.24, 2.45) is 0 Å². The van der Waals surface area contributed by atoms with E-state index in [-0.39, 0.29) is 5.78 Å². The number of carbonyl (C=O) groups excluding carboxylic acids is 2. The molecule has 0 unspecified atom stereocenters. The molecule has 2 rings (SSSR count). The minimum atomic E-state index is -0.440. The lowest BCUT2D eigenvalue weighted by molar-refractivity contribution is 0.0526. The molecule has 1 heterocycles. The van der Waals surface area contributed by atoms with Crippen LogP contribution in [0.1, 0.15) is 46.7 Å². The Balaban J connectivity index is 2.71. The number of rotatable bonds is 4. The number of halogens is 1. The molecule has 0 radical (unpaired) electrons. The van der Waals surface area contributed by atoms with Crippen LogP contribution in [0.2, 0.25) is 0 Å². The van der Waals surface area contributed by atoms with Gasteiger partial charge in [-0.2, -0.15) is 0 Å². The third-order valence-electron chi connectivity index (χ3n) is 3.02. The molecule has 106 valence electrons. The molecule has 0 fully saturated rings. The quantitative estimate of drug-likeness (QED) is 0.616. The van der Waals surface area contributed by atoms with Gasteiger partial charge < -0.3 is 9.15 Å². The van der Waals surface area contributed by atoms with Crippen molar-refractivity contribution in [3.05, 3.63) is 33.5 Å². The zero-order valence-corrected chi connectivity index (χ0v) is 13.2. The predicted molar refractivity (Wildman–Crippen MR) is 79.2 cm³/mol. The van der Waals surface area contributed by atoms with Crippen molar-refractivity contribution in [3.63, 3.8) is 0 Å². The lowest BCUT2D eigenvalue weighted by atomic mass is 10.0. The van der Waals surface area contributed by atoms with Gasteiger partial charge in [0.25, 0.3) is 0 Å². The number of carbonyl (C=O) groups is 2. The number of esters is 1. The third-order valence-corrected chi connectivity index (χ3v) is 4.01. The molecule has 0 saturated heterocycles. The highest BCUT2D eigenvalue weighted by atomic mass is 79.9. The van der Waals surface area contributed by atoms with Gasteiger partial charge in [0.2, 0.25) is 0 Å². The topological polar surface area (TPSA) is 56.5 Å². The van der Waals surface area contributed by atoms with Gasteiger partial charge in [-0.05, 0) is 41.9 Å². The highest BCUT2D eigenvalue weighted by Crippen LogP contribution is 2.34. The van der Waals surface area contributed by atoms with E-state index in [0.717, 1.165) is 4.47 Å². The monoisotopic (exact) mass is 338 g/mol. The highest BCUT2D eigenvalue weighted by molar-refractivity contribution is 9.10. The number of fused-ring (bicyclic) bond motifs is 1. The summed E-state index contributed by atoms with van der Waals surface area (Å²) in [5.74, 6) is 0.166. The summed E-state index contributed by atoms with van der Waals surface area (Å²) in [6, 6.07) is 3.22. The van der Waals surface area contributed by atoms with Crippen molar-refractivity contribution < 1.29 is 18.7 Å². The zero-order chi connectivity index (χ0) is 14.9. The first-order valence-corrected chi connectivity index (χ1v) is 7.21. The van der Waals surface area contributed by atoms with Crippen LogP contribution in [-0.4, -0.2) is 18.4 Å². The Morgan fingerprint density at radius 3 is 2.60 bits per heavy atom. The number of ketones is 1. The van der Waals surface area contributed by atoms with Crippen LogP contribution < -0.4 is 0 Å². The molecule has 2 aromatic rings. The molecule has 0 atom stereocenters. The second-order valence-corrected chi connectivity index (χ2v) is 5.16. The van der Waals surface area contributed by atoms with Crippen LogP contribution in [0.4, 0.5) is 0 Å². The van der Waals surface area contributed by atoms with Crippen molar-refractivity contribution >= 4 is 38.7 Å². The molecule has 4 nitrogen and oxygen atoms in total. The summed E-state index contributed by atoms with van der Waals surface area (Å²) >= 11 is 3.42. The van der Waals surface area contributed by atoms with Gasteiger partial charge >= 0.3 is 5.97 Å². The number of Topliss-reactive ketones (excluding diaryl/α,β-unsaturated/α-hetero) is 1. The van der Waals surface area contributed by atoms with Crippen molar-refractivity contribution in [3.8, 4) is 0 Å². The van der Waals surface area contributed by atoms with E-state index in [1.807, 2.05) is 0 Å². The van der Waals surface area contributed by atoms with E-state index in [2.05, 4.69) is 15.9 Å². The van der Waals surface area contributed by atoms with E-state index in [9.17, 15) is 9.59 Å². The average Bonchev–Trinajstić information content (AvgIpc) is 2.73. The Bertz CT molecular complexity index is 685. The predicted octanol–water partition coefficient (Wildman–Crippen LogP) is 4.27. The number of ether oxygens (including phenoxy) is 1. The Morgan fingerprint density at radius 2 is 2.00 bits per heavy atom. The van der Waals surface area contributed by atoms with Crippen LogP contribution >= 0.6 is 15.9 Å². The minimum Gasteiger partial charge on any atom is -0.462 e. The van der Waals surface area contributed by atoms with Crippen LogP contribution in [0, 0.1) is 6.92 Å². The van der Waals surface area contributed by atoms with E-state index >= 15 is 0 Å². The second kappa shape index (κ2) is 5.79. The van der Waals surface area contributed by atoms with E-state index in [1.165, 1.54) is 0 Å². The number of benzene rings is 1. The van der Waals surface area contributed by atoms with Gasteiger partial charge in [0.05, 0.1) is 22.2 Å². The molecule has 0 aliphatic carbocycles. The van der Waals surface area contributed by atoms with Crippen molar-refractivity contribution in [1.29, 1.82) is 0 Å². The summed E-state index contributed by atoms with van der Waals surface area (Å²) in [5.41, 5.74) is 1.29. The number of furan rings is 1. The maximum absolute atomic E-state index is 12.1. The summed E-state index contributed by atoms with van der Waals surface area (Å²) in [7, 11) is 0. The van der Waals surface area contributed by atoms with E-state index in [4.69, 9.17) is 9.15 Å². The maximum Gasteiger partial charge on any atom is 0.338 e. The fourth-order valence-electron chi connectivity index (χ4n) is 2.02. The average molecular weight is 339 g/mol. The first-order valence-electron chi connectivity index (χ1n) is 6.42. The first kappa shape index (κ1) is 14.8. The summed E-state index contributed by atoms with van der Waals surface area (Å²) in [6.07, 6.45) is 0.346. The van der Waals surface area contributed by atoms with Crippen LogP contribution in [0.5, 0.6) is 0 Å². The van der Waals surface area contributed by atoms with E-state index in [1.54, 1.807) is 32.9 Å². The standard InChI is InChI=1S/C15H15BrO4/c1-4-12(17)10-6-9(15(18)19-5-2)7-11-13(16)8(3)20-14(10)11/h6-7H,4-5H2,1-3H3. The normalized spacial score (nSPS) is 10.8. The van der Waals surface area contributed by atoms with Crippen LogP contribution in [0.25, 0.3) is 11.0 Å². The summed E-state index contributed by atoms with van der Waals surface area (Å²) in [5, 5.41) is 0.713. The maximum atomic E-state index is 12.1. The molecule has 0 spiro atoms. The smallest absolute Gasteiger partial charge is 0.338 e. The molecule has 20 heavy (non-hydrogen) atoms. The SMILES string of the molecule is CCOC(=O)c1cc(C(=O)CC)c2oc(C)c(Br)c2c1. The fourth-order valence-corrected chi connectivity index (χ4v) is 2.39. The molecular formula is C15H15BrO4. The Labute approximate surface area is 125 Å². The molecule has 0 aliphatic heterocycles. The number of hydrogen-bond donors (Lipinski definition) is 0. The van der Waals surface area contributed by atoms with Crippen LogP contribution in [-0.2, 0) is 4.74 Å². The van der Waals surface area contributed by atoms with Gasteiger partial charge in [0, 0.05) is 11.8 Å². The summed E-state index contributed by atoms with van der Waals surface area (Å²) in [4.78, 5) is 23.9. The van der Waals surface area contributed by atoms with E-state index in [0.29, 0.717) is 40.9 Å². The molecule has 0 aliphatic rings. The molecule has 1 aromatic heterocycles. The lowest BCUT2D eigenvalue weighted by Gasteiger charge is -2.05. The fraction of sp³-hybridized carbons (Fsp3) is 0.333. The Hall–Kier alpha value is -1.62. The number of aryl methyl sites for hydroxylation is 1. The van der Waals surface area contributed by atoms with Gasteiger partial charge in [0.15, 0.2) is 5.78 Å². The lowest BCUT2D eigenvalue weighted by Crippen LogP contribution is -2.07. The highest BCUT2D eigenvalue weighted by Gasteiger charge is 2.20. The second-order valence-electron chi connectivity index (χ2n) is 4.37. The number of hydrogen-bond acceptors (Lipinski definition) is 4. The molecule has 1 aromatic carbocycles. The minimum absolute atomic E-state index is 0.0672. The first-order chi connectivity index (χ1) is 9.49. The van der Waals surface area contributed by atoms with Crippen LogP contribution in [0.3, 0.4) is 0 Å². The van der Waals surface area contributed by atoms with E-state index < -0.39 is 5.97 Å². The largest absolute Gasteiger partial charge is 0.462 e. The Morgan fingerprint density at radius 1 is 1.30 bits per heavy atom. The molecule has 0 bridgehead atoms. The van der Waals surface area contributed by atoms with Crippen molar-refractivity contribution in [1.82, 2.24) is 0 Å². The molecule has 0 amide bonds. The van der Waals surface area contributed by atoms with Crippen LogP contribution in [0.15, 0.2) is 21.0 Å². The van der Waals surface area contributed by atoms with Crippen molar-refractivity contribution in [2.45, 2.75) is 27.2 Å². The molecule has 0 N–H and O–H groups in total. The van der Waals surface area contributed by atoms with Crippen molar-refractivity contribution in [2.75, 3.05) is 6.61 Å².